The second-order valence-corrected chi connectivity index (χ2v) is 9.15. The van der Waals surface area contributed by atoms with Crippen LogP contribution in [0.15, 0.2) is 59.5 Å². The van der Waals surface area contributed by atoms with E-state index in [9.17, 15) is 4.79 Å². The van der Waals surface area contributed by atoms with Crippen LogP contribution in [0, 0.1) is 6.92 Å². The first kappa shape index (κ1) is 21.9. The van der Waals surface area contributed by atoms with Gasteiger partial charge in [-0.3, -0.25) is 4.90 Å². The van der Waals surface area contributed by atoms with Crippen LogP contribution in [-0.4, -0.2) is 36.3 Å². The molecule has 164 valence electrons. The van der Waals surface area contributed by atoms with Gasteiger partial charge in [0.05, 0.1) is 22.9 Å². The fraction of sp³-hybridized carbons (Fsp3) is 0.261. The van der Waals surface area contributed by atoms with Crippen molar-refractivity contribution < 1.29 is 9.53 Å². The molecular formula is C23H23BrN6O2. The van der Waals surface area contributed by atoms with Crippen molar-refractivity contribution in [1.82, 2.24) is 24.6 Å². The Morgan fingerprint density at radius 2 is 1.81 bits per heavy atom. The van der Waals surface area contributed by atoms with E-state index in [-0.39, 0.29) is 6.54 Å². The maximum atomic E-state index is 13.3. The number of rotatable bonds is 4. The van der Waals surface area contributed by atoms with Crippen molar-refractivity contribution in [2.24, 2.45) is 0 Å². The molecule has 0 aliphatic heterocycles. The van der Waals surface area contributed by atoms with Crippen LogP contribution in [0.3, 0.4) is 0 Å². The lowest BCUT2D eigenvalue weighted by Crippen LogP contribution is -2.37. The number of carbonyl (C=O) groups is 1. The zero-order valence-corrected chi connectivity index (χ0v) is 19.9. The molecule has 9 heteroatoms. The van der Waals surface area contributed by atoms with E-state index in [0.29, 0.717) is 23.0 Å². The minimum atomic E-state index is -0.668. The van der Waals surface area contributed by atoms with Crippen LogP contribution in [-0.2, 0) is 11.3 Å². The van der Waals surface area contributed by atoms with Gasteiger partial charge in [0.25, 0.3) is 0 Å². The predicted molar refractivity (Wildman–Crippen MR) is 125 cm³/mol. The second-order valence-electron chi connectivity index (χ2n) is 8.30. The average molecular weight is 495 g/mol. The molecule has 0 spiro atoms. The summed E-state index contributed by atoms with van der Waals surface area (Å²) in [6, 6.07) is 11.6. The summed E-state index contributed by atoms with van der Waals surface area (Å²) in [6.07, 6.45) is 4.56. The Bertz CT molecular complexity index is 1250. The third-order valence-corrected chi connectivity index (χ3v) is 5.10. The largest absolute Gasteiger partial charge is 0.443 e. The minimum Gasteiger partial charge on any atom is -0.443 e. The molecule has 0 aliphatic rings. The number of carbonyl (C=O) groups excluding carboxylic acids is 1. The Hall–Kier alpha value is -3.33. The smallest absolute Gasteiger partial charge is 0.416 e. The Morgan fingerprint density at radius 3 is 2.47 bits per heavy atom. The standard InChI is InChI=1S/C23H23BrN6O2/c1-15-25-11-16(12-26-15)14-29(22(31)32-23(2,3)4)20-10-19(17-8-6-5-7-9-17)28-21-18(24)13-27-30(20)21/h5-13H,14H2,1-4H3. The lowest BCUT2D eigenvalue weighted by molar-refractivity contribution is 0.0575. The number of benzene rings is 1. The van der Waals surface area contributed by atoms with Gasteiger partial charge in [0, 0.05) is 29.6 Å². The fourth-order valence-electron chi connectivity index (χ4n) is 3.11. The number of amides is 1. The molecule has 4 rings (SSSR count). The molecular weight excluding hydrogens is 472 g/mol. The van der Waals surface area contributed by atoms with Crippen LogP contribution in [0.25, 0.3) is 16.9 Å². The molecule has 0 atom stereocenters. The number of anilines is 1. The van der Waals surface area contributed by atoms with Crippen molar-refractivity contribution in [3.05, 3.63) is 70.8 Å². The molecule has 0 bridgehead atoms. The summed E-state index contributed by atoms with van der Waals surface area (Å²) in [5, 5.41) is 4.44. The van der Waals surface area contributed by atoms with Crippen molar-refractivity contribution in [2.45, 2.75) is 39.8 Å². The average Bonchev–Trinajstić information content (AvgIpc) is 3.13. The number of fused-ring (bicyclic) bond motifs is 1. The van der Waals surface area contributed by atoms with Crippen molar-refractivity contribution in [1.29, 1.82) is 0 Å². The van der Waals surface area contributed by atoms with Crippen molar-refractivity contribution >= 4 is 33.5 Å². The number of hydrogen-bond donors (Lipinski definition) is 0. The van der Waals surface area contributed by atoms with E-state index >= 15 is 0 Å². The molecule has 1 amide bonds. The van der Waals surface area contributed by atoms with Crippen molar-refractivity contribution in [2.75, 3.05) is 4.90 Å². The van der Waals surface area contributed by atoms with Crippen LogP contribution in [0.2, 0.25) is 0 Å². The lowest BCUT2D eigenvalue weighted by Gasteiger charge is -2.27. The maximum Gasteiger partial charge on any atom is 0.416 e. The highest BCUT2D eigenvalue weighted by molar-refractivity contribution is 9.10. The Kier molecular flexibility index (Phi) is 5.92. The monoisotopic (exact) mass is 494 g/mol. The first-order valence-electron chi connectivity index (χ1n) is 10.1. The Morgan fingerprint density at radius 1 is 1.12 bits per heavy atom. The minimum absolute atomic E-state index is 0.208. The van der Waals surface area contributed by atoms with E-state index in [1.807, 2.05) is 64.1 Å². The zero-order valence-electron chi connectivity index (χ0n) is 18.3. The molecule has 0 aliphatic carbocycles. The number of hydrogen-bond acceptors (Lipinski definition) is 6. The SMILES string of the molecule is Cc1ncc(CN(C(=O)OC(C)(C)C)c2cc(-c3ccccc3)nc3c(Br)cnn23)cn1. The van der Waals surface area contributed by atoms with Crippen molar-refractivity contribution in [3.63, 3.8) is 0 Å². The maximum absolute atomic E-state index is 13.3. The molecule has 3 heterocycles. The summed E-state index contributed by atoms with van der Waals surface area (Å²) in [5.41, 5.74) is 2.32. The van der Waals surface area contributed by atoms with Gasteiger partial charge in [0.2, 0.25) is 0 Å². The van der Waals surface area contributed by atoms with Gasteiger partial charge >= 0.3 is 6.09 Å². The molecule has 0 radical (unpaired) electrons. The highest BCUT2D eigenvalue weighted by atomic mass is 79.9. The predicted octanol–water partition coefficient (Wildman–Crippen LogP) is 5.20. The van der Waals surface area contributed by atoms with Crippen LogP contribution in [0.4, 0.5) is 10.6 Å². The Balaban J connectivity index is 1.87. The van der Waals surface area contributed by atoms with E-state index in [4.69, 9.17) is 9.72 Å². The second kappa shape index (κ2) is 8.66. The molecule has 0 saturated carbocycles. The van der Waals surface area contributed by atoms with Gasteiger partial charge in [-0.1, -0.05) is 30.3 Å². The van der Waals surface area contributed by atoms with Gasteiger partial charge in [-0.05, 0) is 43.6 Å². The van der Waals surface area contributed by atoms with Gasteiger partial charge < -0.3 is 4.74 Å². The van der Waals surface area contributed by atoms with Crippen molar-refractivity contribution in [3.8, 4) is 11.3 Å². The lowest BCUT2D eigenvalue weighted by atomic mass is 10.1. The fourth-order valence-corrected chi connectivity index (χ4v) is 3.46. The van der Waals surface area contributed by atoms with Gasteiger partial charge in [-0.25, -0.2) is 19.7 Å². The Labute approximate surface area is 194 Å². The highest BCUT2D eigenvalue weighted by Crippen LogP contribution is 2.29. The van der Waals surface area contributed by atoms with Crippen LogP contribution < -0.4 is 4.90 Å². The van der Waals surface area contributed by atoms with Crippen LogP contribution in [0.1, 0.15) is 32.2 Å². The van der Waals surface area contributed by atoms with E-state index in [1.165, 1.54) is 4.90 Å². The molecule has 32 heavy (non-hydrogen) atoms. The number of aryl methyl sites for hydroxylation is 1. The van der Waals surface area contributed by atoms with E-state index < -0.39 is 11.7 Å². The van der Waals surface area contributed by atoms with Crippen LogP contribution in [0.5, 0.6) is 0 Å². The zero-order chi connectivity index (χ0) is 22.9. The molecule has 0 saturated heterocycles. The number of aromatic nitrogens is 5. The molecule has 8 nitrogen and oxygen atoms in total. The first-order valence-corrected chi connectivity index (χ1v) is 10.9. The number of nitrogens with zero attached hydrogens (tertiary/aromatic N) is 6. The third-order valence-electron chi connectivity index (χ3n) is 4.55. The third kappa shape index (κ3) is 4.77. The van der Waals surface area contributed by atoms with Gasteiger partial charge in [-0.2, -0.15) is 9.61 Å². The molecule has 0 fully saturated rings. The van der Waals surface area contributed by atoms with Gasteiger partial charge in [0.15, 0.2) is 5.65 Å². The molecule has 4 aromatic rings. The molecule has 3 aromatic heterocycles. The molecule has 0 unspecified atom stereocenters. The van der Waals surface area contributed by atoms with Crippen LogP contribution >= 0.6 is 15.9 Å². The normalized spacial score (nSPS) is 11.5. The topological polar surface area (TPSA) is 85.5 Å². The van der Waals surface area contributed by atoms with E-state index in [2.05, 4.69) is 31.0 Å². The number of ether oxygens (including phenoxy) is 1. The summed E-state index contributed by atoms with van der Waals surface area (Å²) in [6.45, 7) is 7.52. The first-order chi connectivity index (χ1) is 15.2. The summed E-state index contributed by atoms with van der Waals surface area (Å²) in [4.78, 5) is 28.1. The van der Waals surface area contributed by atoms with Gasteiger partial charge in [0.1, 0.15) is 17.2 Å². The summed E-state index contributed by atoms with van der Waals surface area (Å²) < 4.78 is 8.07. The molecule has 0 N–H and O–H groups in total. The molecule has 1 aromatic carbocycles. The van der Waals surface area contributed by atoms with E-state index in [0.717, 1.165) is 15.6 Å². The summed E-state index contributed by atoms with van der Waals surface area (Å²) >= 11 is 3.52. The van der Waals surface area contributed by atoms with Gasteiger partial charge in [-0.15, -0.1) is 0 Å². The summed E-state index contributed by atoms with van der Waals surface area (Å²) in [7, 11) is 0. The number of halogens is 1. The highest BCUT2D eigenvalue weighted by Gasteiger charge is 2.27. The van der Waals surface area contributed by atoms with E-state index in [1.54, 1.807) is 23.1 Å². The quantitative estimate of drug-likeness (QED) is 0.387. The summed E-state index contributed by atoms with van der Waals surface area (Å²) in [5.74, 6) is 1.18.